The molecule has 124 valence electrons. The average Bonchev–Trinajstić information content (AvgIpc) is 2.84. The number of H-pyrrole nitrogens is 1. The number of benzene rings is 2. The van der Waals surface area contributed by atoms with Gasteiger partial charge in [-0.1, -0.05) is 67.5 Å². The van der Waals surface area contributed by atoms with Crippen molar-refractivity contribution in [2.24, 2.45) is 0 Å². The molecule has 0 fully saturated rings. The van der Waals surface area contributed by atoms with Crippen molar-refractivity contribution < 1.29 is 0 Å². The summed E-state index contributed by atoms with van der Waals surface area (Å²) in [6.45, 7) is 17.6. The maximum atomic E-state index is 3.54. The van der Waals surface area contributed by atoms with Crippen LogP contribution < -0.4 is 0 Å². The molecular formula is C22H31N. The fraction of sp³-hybridized carbons (Fsp3) is 0.455. The van der Waals surface area contributed by atoms with E-state index in [4.69, 9.17) is 0 Å². The summed E-state index contributed by atoms with van der Waals surface area (Å²) in [5, 5.41) is 2.67. The van der Waals surface area contributed by atoms with Crippen LogP contribution in [0.1, 0.15) is 66.5 Å². The van der Waals surface area contributed by atoms with Crippen LogP contribution in [0.4, 0.5) is 0 Å². The molecule has 1 nitrogen and oxygen atoms in total. The molecule has 0 aliphatic rings. The maximum Gasteiger partial charge on any atom is 0.0465 e. The normalized spacial score (nSPS) is 12.3. The molecule has 23 heavy (non-hydrogen) atoms. The summed E-state index contributed by atoms with van der Waals surface area (Å²) in [6, 6.07) is 13.6. The summed E-state index contributed by atoms with van der Waals surface area (Å²) in [5.41, 5.74) is 5.58. The lowest BCUT2D eigenvalue weighted by Gasteiger charge is -2.19. The van der Waals surface area contributed by atoms with Crippen molar-refractivity contribution in [3.63, 3.8) is 0 Å². The van der Waals surface area contributed by atoms with E-state index in [1.54, 1.807) is 0 Å². The molecule has 3 aromatic rings. The molecule has 1 heterocycles. The van der Waals surface area contributed by atoms with Crippen molar-refractivity contribution in [2.45, 2.75) is 66.2 Å². The molecule has 1 N–H and O–H groups in total. The molecule has 0 saturated carbocycles. The molecule has 0 saturated heterocycles. The summed E-state index contributed by atoms with van der Waals surface area (Å²) >= 11 is 0. The van der Waals surface area contributed by atoms with Gasteiger partial charge in [0.2, 0.25) is 0 Å². The standard InChI is InChI=1S/C20H25N.C2H6/c1-19(2,3)13-7-9-17-15(11-13)16-12-14(20(4,5)6)8-10-18(16)21-17;1-2/h7-12,21H,1-6H3;1-2H3. The molecule has 0 aliphatic carbocycles. The van der Waals surface area contributed by atoms with Crippen LogP contribution in [0.15, 0.2) is 36.4 Å². The molecule has 1 heteroatoms. The molecule has 0 unspecified atom stereocenters. The first kappa shape index (κ1) is 17.6. The molecule has 0 amide bonds. The van der Waals surface area contributed by atoms with Crippen molar-refractivity contribution in [3.8, 4) is 0 Å². The van der Waals surface area contributed by atoms with Crippen LogP contribution in [0.2, 0.25) is 0 Å². The molecule has 0 spiro atoms. The Labute approximate surface area is 141 Å². The molecule has 1 aromatic heterocycles. The topological polar surface area (TPSA) is 15.8 Å². The molecule has 3 rings (SSSR count). The van der Waals surface area contributed by atoms with Gasteiger partial charge in [-0.05, 0) is 46.2 Å². The van der Waals surface area contributed by atoms with Crippen LogP contribution in [-0.4, -0.2) is 4.98 Å². The van der Waals surface area contributed by atoms with E-state index >= 15 is 0 Å². The summed E-state index contributed by atoms with van der Waals surface area (Å²) in [4.78, 5) is 3.54. The van der Waals surface area contributed by atoms with Gasteiger partial charge < -0.3 is 4.98 Å². The van der Waals surface area contributed by atoms with E-state index in [2.05, 4.69) is 82.9 Å². The van der Waals surface area contributed by atoms with Crippen LogP contribution in [0.3, 0.4) is 0 Å². The Kier molecular flexibility index (Phi) is 4.61. The predicted molar refractivity (Wildman–Crippen MR) is 105 cm³/mol. The Hall–Kier alpha value is -1.76. The molecule has 0 bridgehead atoms. The fourth-order valence-corrected chi connectivity index (χ4v) is 2.83. The van der Waals surface area contributed by atoms with Gasteiger partial charge >= 0.3 is 0 Å². The number of hydrogen-bond acceptors (Lipinski definition) is 0. The highest BCUT2D eigenvalue weighted by atomic mass is 14.7. The van der Waals surface area contributed by atoms with Gasteiger partial charge in [-0.2, -0.15) is 0 Å². The first-order valence-corrected chi connectivity index (χ1v) is 8.73. The molecule has 2 aromatic carbocycles. The largest absolute Gasteiger partial charge is 0.355 e. The first-order chi connectivity index (χ1) is 10.7. The number of hydrogen-bond donors (Lipinski definition) is 1. The van der Waals surface area contributed by atoms with Crippen LogP contribution in [0.5, 0.6) is 0 Å². The second-order valence-electron chi connectivity index (χ2n) is 8.15. The zero-order valence-corrected chi connectivity index (χ0v) is 16.0. The van der Waals surface area contributed by atoms with Crippen molar-refractivity contribution >= 4 is 21.8 Å². The minimum absolute atomic E-state index is 0.180. The zero-order valence-electron chi connectivity index (χ0n) is 16.0. The lowest BCUT2D eigenvalue weighted by Crippen LogP contribution is -2.10. The van der Waals surface area contributed by atoms with Crippen LogP contribution in [0, 0.1) is 0 Å². The van der Waals surface area contributed by atoms with Gasteiger partial charge in [-0.15, -0.1) is 0 Å². The Morgan fingerprint density at radius 2 is 0.957 bits per heavy atom. The fourth-order valence-electron chi connectivity index (χ4n) is 2.83. The lowest BCUT2D eigenvalue weighted by atomic mass is 9.85. The van der Waals surface area contributed by atoms with E-state index in [0.29, 0.717) is 0 Å². The second-order valence-corrected chi connectivity index (χ2v) is 8.15. The number of aromatic nitrogens is 1. The zero-order chi connectivity index (χ0) is 17.4. The third-order valence-electron chi connectivity index (χ3n) is 4.33. The van der Waals surface area contributed by atoms with Gasteiger partial charge in [-0.25, -0.2) is 0 Å². The van der Waals surface area contributed by atoms with Crippen LogP contribution >= 0.6 is 0 Å². The smallest absolute Gasteiger partial charge is 0.0465 e. The minimum Gasteiger partial charge on any atom is -0.355 e. The van der Waals surface area contributed by atoms with Gasteiger partial charge in [0.1, 0.15) is 0 Å². The quantitative estimate of drug-likeness (QED) is 0.463. The van der Waals surface area contributed by atoms with E-state index in [1.807, 2.05) is 13.8 Å². The highest BCUT2D eigenvalue weighted by Crippen LogP contribution is 2.33. The summed E-state index contributed by atoms with van der Waals surface area (Å²) < 4.78 is 0. The second kappa shape index (κ2) is 6.03. The van der Waals surface area contributed by atoms with E-state index < -0.39 is 0 Å². The van der Waals surface area contributed by atoms with Crippen LogP contribution in [-0.2, 0) is 10.8 Å². The third-order valence-corrected chi connectivity index (χ3v) is 4.33. The number of aromatic amines is 1. The molecule has 0 aliphatic heterocycles. The number of nitrogens with one attached hydrogen (secondary N) is 1. The van der Waals surface area contributed by atoms with Gasteiger partial charge in [0.05, 0.1) is 0 Å². The van der Waals surface area contributed by atoms with Crippen molar-refractivity contribution in [1.82, 2.24) is 4.98 Å². The average molecular weight is 309 g/mol. The highest BCUT2D eigenvalue weighted by Gasteiger charge is 2.17. The maximum absolute atomic E-state index is 3.54. The Morgan fingerprint density at radius 1 is 0.609 bits per heavy atom. The Morgan fingerprint density at radius 3 is 1.26 bits per heavy atom. The van der Waals surface area contributed by atoms with Gasteiger partial charge in [0.15, 0.2) is 0 Å². The Balaban J connectivity index is 0.000000924. The van der Waals surface area contributed by atoms with Gasteiger partial charge in [0, 0.05) is 21.8 Å². The van der Waals surface area contributed by atoms with E-state index in [9.17, 15) is 0 Å². The molecule has 0 radical (unpaired) electrons. The summed E-state index contributed by atoms with van der Waals surface area (Å²) in [5.74, 6) is 0. The molecule has 0 atom stereocenters. The number of fused-ring (bicyclic) bond motifs is 3. The van der Waals surface area contributed by atoms with Crippen molar-refractivity contribution in [2.75, 3.05) is 0 Å². The predicted octanol–water partition coefficient (Wildman–Crippen LogP) is 6.94. The van der Waals surface area contributed by atoms with E-state index in [-0.39, 0.29) is 10.8 Å². The SMILES string of the molecule is CC.CC(C)(C)c1ccc2[nH]c3ccc(C(C)(C)C)cc3c2c1. The van der Waals surface area contributed by atoms with Crippen molar-refractivity contribution in [1.29, 1.82) is 0 Å². The van der Waals surface area contributed by atoms with Crippen molar-refractivity contribution in [3.05, 3.63) is 47.5 Å². The highest BCUT2D eigenvalue weighted by molar-refractivity contribution is 6.07. The third kappa shape index (κ3) is 3.44. The van der Waals surface area contributed by atoms with Gasteiger partial charge in [0.25, 0.3) is 0 Å². The van der Waals surface area contributed by atoms with E-state index in [0.717, 1.165) is 0 Å². The number of rotatable bonds is 0. The lowest BCUT2D eigenvalue weighted by molar-refractivity contribution is 0.590. The molecular weight excluding hydrogens is 278 g/mol. The van der Waals surface area contributed by atoms with Crippen LogP contribution in [0.25, 0.3) is 21.8 Å². The minimum atomic E-state index is 0.180. The Bertz CT molecular complexity index is 739. The monoisotopic (exact) mass is 309 g/mol. The first-order valence-electron chi connectivity index (χ1n) is 8.73. The summed E-state index contributed by atoms with van der Waals surface area (Å²) in [6.07, 6.45) is 0. The summed E-state index contributed by atoms with van der Waals surface area (Å²) in [7, 11) is 0. The van der Waals surface area contributed by atoms with E-state index in [1.165, 1.54) is 32.9 Å². The van der Waals surface area contributed by atoms with Gasteiger partial charge in [-0.3, -0.25) is 0 Å².